The molecular formula is C11H12NO. The van der Waals surface area contributed by atoms with E-state index in [1.165, 1.54) is 5.52 Å². The number of hydrogen-bond donors (Lipinski definition) is 0. The maximum Gasteiger partial charge on any atom is 0.119 e. The molecule has 0 saturated heterocycles. The minimum atomic E-state index is 0.887. The van der Waals surface area contributed by atoms with Gasteiger partial charge in [-0.15, -0.1) is 0 Å². The lowest BCUT2D eigenvalue weighted by molar-refractivity contribution is 0.415. The molecule has 0 amide bonds. The quantitative estimate of drug-likeness (QED) is 0.682. The summed E-state index contributed by atoms with van der Waals surface area (Å²) in [7, 11) is 1.68. The molecule has 0 N–H and O–H groups in total. The second kappa shape index (κ2) is 3.13. The van der Waals surface area contributed by atoms with Gasteiger partial charge in [0.2, 0.25) is 0 Å². The Kier molecular flexibility index (Phi) is 1.97. The lowest BCUT2D eigenvalue weighted by atomic mass is 10.2. The number of benzene rings is 1. The smallest absolute Gasteiger partial charge is 0.119 e. The van der Waals surface area contributed by atoms with Gasteiger partial charge in [0.15, 0.2) is 0 Å². The van der Waals surface area contributed by atoms with Crippen LogP contribution >= 0.6 is 0 Å². The van der Waals surface area contributed by atoms with Crippen LogP contribution < -0.4 is 4.74 Å². The van der Waals surface area contributed by atoms with Crippen LogP contribution in [0.2, 0.25) is 0 Å². The van der Waals surface area contributed by atoms with Crippen LogP contribution in [0, 0.1) is 6.07 Å². The predicted octanol–water partition coefficient (Wildman–Crippen LogP) is 2.47. The number of ether oxygens (including phenoxy) is 1. The van der Waals surface area contributed by atoms with Gasteiger partial charge in [0.1, 0.15) is 5.75 Å². The van der Waals surface area contributed by atoms with E-state index < -0.39 is 0 Å². The lowest BCUT2D eigenvalue weighted by Crippen LogP contribution is -1.90. The number of fused-ring (bicyclic) bond motifs is 1. The minimum Gasteiger partial charge on any atom is -0.497 e. The van der Waals surface area contributed by atoms with E-state index in [1.54, 1.807) is 7.11 Å². The molecule has 1 heterocycles. The fourth-order valence-corrected chi connectivity index (χ4v) is 1.49. The van der Waals surface area contributed by atoms with Gasteiger partial charge in [0.25, 0.3) is 0 Å². The summed E-state index contributed by atoms with van der Waals surface area (Å²) in [6.07, 6.45) is 1.98. The fourth-order valence-electron chi connectivity index (χ4n) is 1.49. The number of nitrogens with zero attached hydrogens (tertiary/aromatic N) is 1. The molecule has 0 fully saturated rings. The zero-order chi connectivity index (χ0) is 9.26. The summed E-state index contributed by atoms with van der Waals surface area (Å²) in [6.45, 7) is 3.10. The predicted molar refractivity (Wildman–Crippen MR) is 53.0 cm³/mol. The number of rotatable bonds is 2. The second-order valence-electron chi connectivity index (χ2n) is 2.94. The zero-order valence-corrected chi connectivity index (χ0v) is 7.87. The second-order valence-corrected chi connectivity index (χ2v) is 2.94. The van der Waals surface area contributed by atoms with Gasteiger partial charge in [0, 0.05) is 29.7 Å². The SMILES string of the molecule is CCn1c[c]c2cc(OC)ccc21. The normalized spacial score (nSPS) is 10.6. The van der Waals surface area contributed by atoms with E-state index in [2.05, 4.69) is 23.6 Å². The van der Waals surface area contributed by atoms with E-state index in [0.29, 0.717) is 0 Å². The lowest BCUT2D eigenvalue weighted by Gasteiger charge is -2.02. The van der Waals surface area contributed by atoms with Gasteiger partial charge >= 0.3 is 0 Å². The van der Waals surface area contributed by atoms with Crippen LogP contribution in [0.3, 0.4) is 0 Å². The molecule has 0 atom stereocenters. The van der Waals surface area contributed by atoms with Crippen molar-refractivity contribution in [2.45, 2.75) is 13.5 Å². The highest BCUT2D eigenvalue weighted by atomic mass is 16.5. The summed E-state index contributed by atoms with van der Waals surface area (Å²) in [4.78, 5) is 0. The first kappa shape index (κ1) is 8.17. The van der Waals surface area contributed by atoms with E-state index in [4.69, 9.17) is 4.74 Å². The number of aryl methyl sites for hydroxylation is 1. The van der Waals surface area contributed by atoms with Crippen molar-refractivity contribution in [3.05, 3.63) is 30.5 Å². The van der Waals surface area contributed by atoms with Gasteiger partial charge in [0.05, 0.1) is 7.11 Å². The Labute approximate surface area is 77.7 Å². The molecule has 2 rings (SSSR count). The van der Waals surface area contributed by atoms with Crippen molar-refractivity contribution in [1.29, 1.82) is 0 Å². The highest BCUT2D eigenvalue weighted by Crippen LogP contribution is 2.20. The largest absolute Gasteiger partial charge is 0.497 e. The Morgan fingerprint density at radius 2 is 2.31 bits per heavy atom. The van der Waals surface area contributed by atoms with Gasteiger partial charge in [-0.1, -0.05) is 0 Å². The highest BCUT2D eigenvalue weighted by molar-refractivity contribution is 5.81. The number of hydrogen-bond acceptors (Lipinski definition) is 1. The molecule has 0 aliphatic heterocycles. The standard InChI is InChI=1S/C11H12NO/c1-3-12-7-6-9-8-10(13-2)4-5-11(9)12/h4-5,7-8H,3H2,1-2H3. The molecule has 0 aliphatic rings. The van der Waals surface area contributed by atoms with Crippen LogP contribution in [0.15, 0.2) is 24.4 Å². The van der Waals surface area contributed by atoms with Crippen molar-refractivity contribution in [3.8, 4) is 5.75 Å². The fraction of sp³-hybridized carbons (Fsp3) is 0.273. The van der Waals surface area contributed by atoms with Crippen molar-refractivity contribution in [2.24, 2.45) is 0 Å². The maximum atomic E-state index is 5.14. The summed E-state index contributed by atoms with van der Waals surface area (Å²) in [5, 5.41) is 1.11. The Balaban J connectivity index is 2.61. The molecule has 0 unspecified atom stereocenters. The van der Waals surface area contributed by atoms with E-state index in [9.17, 15) is 0 Å². The van der Waals surface area contributed by atoms with E-state index in [0.717, 1.165) is 17.7 Å². The van der Waals surface area contributed by atoms with E-state index in [-0.39, 0.29) is 0 Å². The van der Waals surface area contributed by atoms with Crippen LogP contribution in [-0.2, 0) is 6.54 Å². The van der Waals surface area contributed by atoms with E-state index >= 15 is 0 Å². The van der Waals surface area contributed by atoms with Crippen LogP contribution in [-0.4, -0.2) is 11.7 Å². The molecular weight excluding hydrogens is 162 g/mol. The molecule has 2 heteroatoms. The van der Waals surface area contributed by atoms with Crippen LogP contribution in [0.5, 0.6) is 5.75 Å². The van der Waals surface area contributed by atoms with Gasteiger partial charge in [-0.25, -0.2) is 0 Å². The third-order valence-electron chi connectivity index (χ3n) is 2.23. The van der Waals surface area contributed by atoms with Crippen LogP contribution in [0.1, 0.15) is 6.92 Å². The summed E-state index contributed by atoms with van der Waals surface area (Å²) in [5.74, 6) is 0.887. The minimum absolute atomic E-state index is 0.887. The first-order valence-electron chi connectivity index (χ1n) is 4.39. The molecule has 0 spiro atoms. The number of methoxy groups -OCH3 is 1. The molecule has 0 aliphatic carbocycles. The maximum absolute atomic E-state index is 5.14. The van der Waals surface area contributed by atoms with Crippen LogP contribution in [0.25, 0.3) is 10.9 Å². The zero-order valence-electron chi connectivity index (χ0n) is 7.87. The molecule has 1 radical (unpaired) electrons. The van der Waals surface area contributed by atoms with Crippen molar-refractivity contribution >= 4 is 10.9 Å². The topological polar surface area (TPSA) is 14.2 Å². The van der Waals surface area contributed by atoms with Crippen LogP contribution in [0.4, 0.5) is 0 Å². The van der Waals surface area contributed by atoms with Gasteiger partial charge < -0.3 is 9.30 Å². The van der Waals surface area contributed by atoms with Gasteiger partial charge in [-0.3, -0.25) is 0 Å². The molecule has 1 aromatic heterocycles. The van der Waals surface area contributed by atoms with Crippen molar-refractivity contribution < 1.29 is 4.74 Å². The van der Waals surface area contributed by atoms with Crippen molar-refractivity contribution in [2.75, 3.05) is 7.11 Å². The summed E-state index contributed by atoms with van der Waals surface area (Å²) in [5.41, 5.74) is 1.21. The highest BCUT2D eigenvalue weighted by Gasteiger charge is 2.00. The van der Waals surface area contributed by atoms with Gasteiger partial charge in [-0.2, -0.15) is 0 Å². The monoisotopic (exact) mass is 174 g/mol. The molecule has 1 aromatic carbocycles. The van der Waals surface area contributed by atoms with Crippen molar-refractivity contribution in [3.63, 3.8) is 0 Å². The Hall–Kier alpha value is -1.44. The molecule has 0 bridgehead atoms. The molecule has 2 aromatic rings. The van der Waals surface area contributed by atoms with Crippen molar-refractivity contribution in [1.82, 2.24) is 4.57 Å². The third-order valence-corrected chi connectivity index (χ3v) is 2.23. The Bertz CT molecular complexity index is 417. The van der Waals surface area contributed by atoms with Gasteiger partial charge in [-0.05, 0) is 25.1 Å². The first-order valence-corrected chi connectivity index (χ1v) is 4.39. The summed E-state index contributed by atoms with van der Waals surface area (Å²) < 4.78 is 7.30. The van der Waals surface area contributed by atoms with E-state index in [1.807, 2.05) is 18.3 Å². The molecule has 2 nitrogen and oxygen atoms in total. The molecule has 0 saturated carbocycles. The average Bonchev–Trinajstić information content (AvgIpc) is 2.59. The third kappa shape index (κ3) is 1.28. The summed E-state index contributed by atoms with van der Waals surface area (Å²) >= 11 is 0. The molecule has 67 valence electrons. The average molecular weight is 174 g/mol. The Morgan fingerprint density at radius 3 is 3.00 bits per heavy atom. The summed E-state index contributed by atoms with van der Waals surface area (Å²) in [6, 6.07) is 9.24. The first-order chi connectivity index (χ1) is 6.35. The Morgan fingerprint density at radius 1 is 1.46 bits per heavy atom. The molecule has 13 heavy (non-hydrogen) atoms. The number of aromatic nitrogens is 1.